The number of carbonyl (C=O) groups is 1. The zero-order chi connectivity index (χ0) is 13.1. The third kappa shape index (κ3) is 2.24. The zero-order valence-electron chi connectivity index (χ0n) is 9.66. The van der Waals surface area contributed by atoms with Gasteiger partial charge in [0.1, 0.15) is 0 Å². The molecule has 0 bridgehead atoms. The molecule has 0 saturated carbocycles. The number of aryl methyl sites for hydroxylation is 1. The lowest BCUT2D eigenvalue weighted by Gasteiger charge is -2.02. The maximum atomic E-state index is 10.8. The largest absolute Gasteiger partial charge is 0.298 e. The van der Waals surface area contributed by atoms with Gasteiger partial charge in [-0.25, -0.2) is 0 Å². The van der Waals surface area contributed by atoms with Gasteiger partial charge >= 0.3 is 0 Å². The lowest BCUT2D eigenvalue weighted by molar-refractivity contribution is -0.385. The first kappa shape index (κ1) is 11.9. The molecule has 0 spiro atoms. The zero-order valence-corrected chi connectivity index (χ0v) is 9.66. The Morgan fingerprint density at radius 2 is 2.06 bits per heavy atom. The van der Waals surface area contributed by atoms with Crippen LogP contribution in [0.3, 0.4) is 0 Å². The van der Waals surface area contributed by atoms with Crippen molar-refractivity contribution in [2.24, 2.45) is 0 Å². The Balaban J connectivity index is 2.47. The normalized spacial score (nSPS) is 10.1. The maximum absolute atomic E-state index is 10.8. The first-order valence-corrected chi connectivity index (χ1v) is 5.28. The molecular weight excluding hydrogens is 232 g/mol. The van der Waals surface area contributed by atoms with Crippen LogP contribution in [0.4, 0.5) is 5.69 Å². The van der Waals surface area contributed by atoms with Gasteiger partial charge in [-0.15, -0.1) is 0 Å². The van der Waals surface area contributed by atoms with Crippen molar-refractivity contribution < 1.29 is 9.72 Å². The molecule has 0 radical (unpaired) electrons. The molecule has 0 N–H and O–H groups in total. The summed E-state index contributed by atoms with van der Waals surface area (Å²) in [6.07, 6.45) is 2.14. The van der Waals surface area contributed by atoms with Crippen molar-refractivity contribution in [3.05, 3.63) is 57.8 Å². The molecule has 0 aliphatic rings. The van der Waals surface area contributed by atoms with E-state index in [-0.39, 0.29) is 5.69 Å². The lowest BCUT2D eigenvalue weighted by atomic mass is 10.1. The molecule has 2 rings (SSSR count). The molecule has 5 heteroatoms. The summed E-state index contributed by atoms with van der Waals surface area (Å²) < 4.78 is 0. The van der Waals surface area contributed by atoms with Crippen molar-refractivity contribution in [1.29, 1.82) is 0 Å². The topological polar surface area (TPSA) is 73.1 Å². The van der Waals surface area contributed by atoms with E-state index in [4.69, 9.17) is 0 Å². The summed E-state index contributed by atoms with van der Waals surface area (Å²) in [6.45, 7) is 1.69. The van der Waals surface area contributed by atoms with E-state index in [9.17, 15) is 14.9 Å². The van der Waals surface area contributed by atoms with Crippen LogP contribution in [0, 0.1) is 17.0 Å². The fourth-order valence-corrected chi connectivity index (χ4v) is 1.61. The average molecular weight is 242 g/mol. The fraction of sp³-hybridized carbons (Fsp3) is 0.0769. The fourth-order valence-electron chi connectivity index (χ4n) is 1.61. The van der Waals surface area contributed by atoms with Crippen molar-refractivity contribution in [2.75, 3.05) is 0 Å². The number of nitrogens with zero attached hydrogens (tertiary/aromatic N) is 2. The Morgan fingerprint density at radius 3 is 2.61 bits per heavy atom. The van der Waals surface area contributed by atoms with Crippen LogP contribution in [0.1, 0.15) is 15.9 Å². The molecule has 0 aliphatic heterocycles. The average Bonchev–Trinajstić information content (AvgIpc) is 2.39. The molecule has 0 amide bonds. The third-order valence-corrected chi connectivity index (χ3v) is 2.62. The van der Waals surface area contributed by atoms with Crippen LogP contribution < -0.4 is 0 Å². The van der Waals surface area contributed by atoms with Gasteiger partial charge in [-0.2, -0.15) is 0 Å². The van der Waals surface area contributed by atoms with Crippen molar-refractivity contribution in [3.8, 4) is 11.3 Å². The Bertz CT molecular complexity index is 606. The Labute approximate surface area is 103 Å². The van der Waals surface area contributed by atoms with Gasteiger partial charge in [0.05, 0.1) is 10.6 Å². The molecule has 0 saturated heterocycles. The summed E-state index contributed by atoms with van der Waals surface area (Å²) in [7, 11) is 0. The smallest absolute Gasteiger partial charge is 0.272 e. The number of nitro groups is 1. The predicted octanol–water partition coefficient (Wildman–Crippen LogP) is 2.78. The summed E-state index contributed by atoms with van der Waals surface area (Å²) in [4.78, 5) is 25.0. The summed E-state index contributed by atoms with van der Waals surface area (Å²) in [6, 6.07) is 8.23. The van der Waals surface area contributed by atoms with Crippen LogP contribution in [-0.4, -0.2) is 16.2 Å². The van der Waals surface area contributed by atoms with Crippen molar-refractivity contribution in [3.63, 3.8) is 0 Å². The lowest BCUT2D eigenvalue weighted by Crippen LogP contribution is -1.93. The third-order valence-electron chi connectivity index (χ3n) is 2.62. The van der Waals surface area contributed by atoms with E-state index in [1.165, 1.54) is 12.3 Å². The minimum atomic E-state index is -0.418. The van der Waals surface area contributed by atoms with E-state index in [1.807, 2.05) is 0 Å². The number of hydrogen-bond acceptors (Lipinski definition) is 4. The van der Waals surface area contributed by atoms with Gasteiger partial charge in [-0.3, -0.25) is 19.9 Å². The number of rotatable bonds is 3. The Morgan fingerprint density at radius 1 is 1.28 bits per heavy atom. The van der Waals surface area contributed by atoms with Gasteiger partial charge in [0, 0.05) is 29.0 Å². The number of carbonyl (C=O) groups excluding carboxylic acids is 1. The van der Waals surface area contributed by atoms with Crippen molar-refractivity contribution in [1.82, 2.24) is 4.98 Å². The monoisotopic (exact) mass is 242 g/mol. The SMILES string of the molecule is Cc1ccc(-c2ccc(C=O)cn2)cc1[N+](=O)[O-]. The van der Waals surface area contributed by atoms with Crippen LogP contribution >= 0.6 is 0 Å². The highest BCUT2D eigenvalue weighted by atomic mass is 16.6. The Hall–Kier alpha value is -2.56. The molecule has 18 heavy (non-hydrogen) atoms. The van der Waals surface area contributed by atoms with Gasteiger partial charge < -0.3 is 0 Å². The van der Waals surface area contributed by atoms with E-state index in [0.29, 0.717) is 28.7 Å². The maximum Gasteiger partial charge on any atom is 0.272 e. The van der Waals surface area contributed by atoms with Crippen LogP contribution in [-0.2, 0) is 0 Å². The van der Waals surface area contributed by atoms with E-state index < -0.39 is 4.92 Å². The molecule has 5 nitrogen and oxygen atoms in total. The van der Waals surface area contributed by atoms with Crippen LogP contribution in [0.5, 0.6) is 0 Å². The molecule has 0 atom stereocenters. The molecule has 0 fully saturated rings. The molecule has 1 heterocycles. The molecule has 0 aliphatic carbocycles. The highest BCUT2D eigenvalue weighted by molar-refractivity contribution is 5.75. The minimum absolute atomic E-state index is 0.0637. The second-order valence-electron chi connectivity index (χ2n) is 3.85. The molecule has 2 aromatic rings. The summed E-state index contributed by atoms with van der Waals surface area (Å²) in [5, 5.41) is 10.8. The minimum Gasteiger partial charge on any atom is -0.298 e. The molecular formula is C13H10N2O3. The number of nitro benzene ring substituents is 1. The summed E-state index contributed by atoms with van der Waals surface area (Å²) in [5.41, 5.74) is 2.40. The first-order valence-electron chi connectivity index (χ1n) is 5.28. The van der Waals surface area contributed by atoms with Crippen LogP contribution in [0.25, 0.3) is 11.3 Å². The quantitative estimate of drug-likeness (QED) is 0.471. The van der Waals surface area contributed by atoms with Gasteiger partial charge in [-0.05, 0) is 19.1 Å². The predicted molar refractivity (Wildman–Crippen MR) is 66.5 cm³/mol. The van der Waals surface area contributed by atoms with E-state index in [2.05, 4.69) is 4.98 Å². The van der Waals surface area contributed by atoms with Crippen molar-refractivity contribution in [2.45, 2.75) is 6.92 Å². The molecule has 90 valence electrons. The highest BCUT2D eigenvalue weighted by Crippen LogP contribution is 2.25. The van der Waals surface area contributed by atoms with Crippen LogP contribution in [0.15, 0.2) is 36.5 Å². The summed E-state index contributed by atoms with van der Waals surface area (Å²) >= 11 is 0. The standard InChI is InChI=1S/C13H10N2O3/c1-9-2-4-11(6-13(9)15(17)18)12-5-3-10(8-16)7-14-12/h2-8H,1H3. The molecule has 1 aromatic carbocycles. The van der Waals surface area contributed by atoms with Gasteiger partial charge in [0.2, 0.25) is 0 Å². The van der Waals surface area contributed by atoms with E-state index in [0.717, 1.165) is 0 Å². The number of hydrogen-bond donors (Lipinski definition) is 0. The highest BCUT2D eigenvalue weighted by Gasteiger charge is 2.12. The van der Waals surface area contributed by atoms with Gasteiger partial charge in [-0.1, -0.05) is 12.1 Å². The van der Waals surface area contributed by atoms with Crippen LogP contribution in [0.2, 0.25) is 0 Å². The van der Waals surface area contributed by atoms with Crippen molar-refractivity contribution >= 4 is 12.0 Å². The second kappa shape index (κ2) is 4.75. The Kier molecular flexibility index (Phi) is 3.14. The first-order chi connectivity index (χ1) is 8.61. The number of aldehydes is 1. The number of pyridine rings is 1. The van der Waals surface area contributed by atoms with E-state index in [1.54, 1.807) is 31.2 Å². The molecule has 0 unspecified atom stereocenters. The second-order valence-corrected chi connectivity index (χ2v) is 3.85. The molecule has 1 aromatic heterocycles. The van der Waals surface area contributed by atoms with Gasteiger partial charge in [0.25, 0.3) is 5.69 Å². The number of aromatic nitrogens is 1. The van der Waals surface area contributed by atoms with E-state index >= 15 is 0 Å². The number of benzene rings is 1. The summed E-state index contributed by atoms with van der Waals surface area (Å²) in [5.74, 6) is 0. The van der Waals surface area contributed by atoms with Gasteiger partial charge in [0.15, 0.2) is 6.29 Å².